The largest absolute Gasteiger partial charge is 0.390 e. The molecule has 1 saturated carbocycles. The lowest BCUT2D eigenvalue weighted by Crippen LogP contribution is -2.21. The number of alkyl halides is 1. The molecular weight excluding hydrogens is 317 g/mol. The number of imidazole rings is 1. The molecule has 0 saturated heterocycles. The second-order valence-corrected chi connectivity index (χ2v) is 7.15. The van der Waals surface area contributed by atoms with Gasteiger partial charge in [-0.15, -0.1) is 0 Å². The van der Waals surface area contributed by atoms with E-state index < -0.39 is 11.9 Å². The van der Waals surface area contributed by atoms with E-state index in [9.17, 15) is 4.39 Å². The summed E-state index contributed by atoms with van der Waals surface area (Å²) in [5.74, 6) is 6.93. The second kappa shape index (κ2) is 7.10. The van der Waals surface area contributed by atoms with Crippen molar-refractivity contribution in [1.29, 1.82) is 0 Å². The van der Waals surface area contributed by atoms with Crippen LogP contribution in [0.15, 0.2) is 48.1 Å². The van der Waals surface area contributed by atoms with Crippen LogP contribution in [0.5, 0.6) is 0 Å². The molecule has 1 unspecified atom stereocenters. The van der Waals surface area contributed by atoms with Gasteiger partial charge >= 0.3 is 0 Å². The topological polar surface area (TPSA) is 39.4 Å². The molecule has 1 aliphatic rings. The number of hydrogen-bond donors (Lipinski definition) is 0. The number of rotatable bonds is 4. The van der Waals surface area contributed by atoms with Gasteiger partial charge < -0.3 is 9.40 Å². The molecule has 1 aromatic carbocycles. The predicted octanol–water partition coefficient (Wildman–Crippen LogP) is 4.33. The quantitative estimate of drug-likeness (QED) is 0.472. The summed E-state index contributed by atoms with van der Waals surface area (Å²) in [6.45, 7) is 5.61. The van der Waals surface area contributed by atoms with Crippen LogP contribution in [-0.4, -0.2) is 20.9 Å². The third-order valence-electron chi connectivity index (χ3n) is 3.61. The van der Waals surface area contributed by atoms with Crippen LogP contribution in [0.3, 0.4) is 0 Å². The molecule has 1 fully saturated rings. The van der Waals surface area contributed by atoms with Gasteiger partial charge in [-0.25, -0.2) is 9.37 Å². The maximum absolute atomic E-state index is 14.9. The van der Waals surface area contributed by atoms with Gasteiger partial charge in [-0.3, -0.25) is 0 Å². The molecule has 1 aromatic heterocycles. The monoisotopic (exact) mass is 339 g/mol. The molecule has 4 nitrogen and oxygen atoms in total. The van der Waals surface area contributed by atoms with Crippen molar-refractivity contribution in [2.75, 3.05) is 0 Å². The molecular formula is C20H22FN3O. The van der Waals surface area contributed by atoms with Gasteiger partial charge in [-0.05, 0) is 45.7 Å². The van der Waals surface area contributed by atoms with E-state index in [1.54, 1.807) is 6.20 Å². The summed E-state index contributed by atoms with van der Waals surface area (Å²) >= 11 is 0. The summed E-state index contributed by atoms with van der Waals surface area (Å²) in [6, 6.07) is 7.42. The van der Waals surface area contributed by atoms with Crippen molar-refractivity contribution in [2.24, 2.45) is 11.1 Å². The van der Waals surface area contributed by atoms with Crippen molar-refractivity contribution < 1.29 is 9.23 Å². The van der Waals surface area contributed by atoms with Crippen LogP contribution < -0.4 is 0 Å². The maximum atomic E-state index is 14.9. The number of benzene rings is 1. The highest BCUT2D eigenvalue weighted by Gasteiger charge is 2.21. The summed E-state index contributed by atoms with van der Waals surface area (Å²) in [4.78, 5) is 9.37. The van der Waals surface area contributed by atoms with Crippen molar-refractivity contribution in [2.45, 2.75) is 45.5 Å². The molecule has 0 bridgehead atoms. The Hall–Kier alpha value is -2.61. The van der Waals surface area contributed by atoms with E-state index in [0.29, 0.717) is 11.5 Å². The van der Waals surface area contributed by atoms with Gasteiger partial charge in [0.15, 0.2) is 0 Å². The summed E-state index contributed by atoms with van der Waals surface area (Å²) in [7, 11) is 0. The van der Waals surface area contributed by atoms with Crippen LogP contribution in [-0.2, 0) is 4.84 Å². The fourth-order valence-electron chi connectivity index (χ4n) is 2.10. The fourth-order valence-corrected chi connectivity index (χ4v) is 2.10. The SMILES string of the molecule is CC(C)(C)ON=C(c1ccc(C#CC2CC2)cc1)C(F)n1ccnc1. The number of oxime groups is 1. The normalized spacial score (nSPS) is 16.1. The Kier molecular flexibility index (Phi) is 4.89. The molecule has 3 rings (SSSR count). The highest BCUT2D eigenvalue weighted by atomic mass is 19.1. The Morgan fingerprint density at radius 2 is 2.04 bits per heavy atom. The van der Waals surface area contributed by atoms with E-state index in [0.717, 1.165) is 5.56 Å². The third-order valence-corrected chi connectivity index (χ3v) is 3.61. The van der Waals surface area contributed by atoms with E-state index in [4.69, 9.17) is 4.84 Å². The maximum Gasteiger partial charge on any atom is 0.223 e. The standard InChI is InChI=1S/C20H22FN3O/c1-20(2,3)25-23-18(19(21)24-13-12-22-14-24)17-10-8-16(9-11-17)7-6-15-4-5-15/h8-15,19H,4-5H2,1-3H3. The zero-order valence-corrected chi connectivity index (χ0v) is 14.7. The Bertz CT molecular complexity index is 788. The summed E-state index contributed by atoms with van der Waals surface area (Å²) in [5.41, 5.74) is 1.28. The van der Waals surface area contributed by atoms with Crippen molar-refractivity contribution in [3.8, 4) is 11.8 Å². The van der Waals surface area contributed by atoms with Gasteiger partial charge in [-0.2, -0.15) is 0 Å². The van der Waals surface area contributed by atoms with Crippen molar-refractivity contribution in [3.63, 3.8) is 0 Å². The van der Waals surface area contributed by atoms with E-state index in [1.165, 1.54) is 29.9 Å². The lowest BCUT2D eigenvalue weighted by Gasteiger charge is -2.19. The van der Waals surface area contributed by atoms with Gasteiger partial charge in [0, 0.05) is 29.4 Å². The third kappa shape index (κ3) is 4.93. The average molecular weight is 339 g/mol. The average Bonchev–Trinajstić information content (AvgIpc) is 3.24. The van der Waals surface area contributed by atoms with Crippen LogP contribution >= 0.6 is 0 Å². The van der Waals surface area contributed by atoms with Gasteiger partial charge in [0.1, 0.15) is 11.3 Å². The molecule has 0 radical (unpaired) electrons. The highest BCUT2D eigenvalue weighted by Crippen LogP contribution is 2.27. The van der Waals surface area contributed by atoms with E-state index in [2.05, 4.69) is 22.0 Å². The number of hydrogen-bond acceptors (Lipinski definition) is 3. The zero-order chi connectivity index (χ0) is 17.9. The van der Waals surface area contributed by atoms with Gasteiger partial charge in [0.05, 0.1) is 6.33 Å². The van der Waals surface area contributed by atoms with E-state index in [-0.39, 0.29) is 5.71 Å². The zero-order valence-electron chi connectivity index (χ0n) is 14.7. The second-order valence-electron chi connectivity index (χ2n) is 7.15. The molecule has 0 aliphatic heterocycles. The number of halogens is 1. The molecule has 1 aliphatic carbocycles. The Balaban J connectivity index is 1.86. The van der Waals surface area contributed by atoms with Gasteiger partial charge in [0.2, 0.25) is 6.30 Å². The first-order valence-electron chi connectivity index (χ1n) is 8.42. The Morgan fingerprint density at radius 1 is 1.32 bits per heavy atom. The smallest absolute Gasteiger partial charge is 0.223 e. The molecule has 1 heterocycles. The fraction of sp³-hybridized carbons (Fsp3) is 0.400. The lowest BCUT2D eigenvalue weighted by molar-refractivity contribution is -0.000564. The molecule has 1 atom stereocenters. The molecule has 130 valence electrons. The van der Waals surface area contributed by atoms with Gasteiger partial charge in [-0.1, -0.05) is 29.1 Å². The molecule has 0 amide bonds. The van der Waals surface area contributed by atoms with Crippen molar-refractivity contribution in [3.05, 3.63) is 54.1 Å². The van der Waals surface area contributed by atoms with Crippen LogP contribution in [0.25, 0.3) is 0 Å². The van der Waals surface area contributed by atoms with Crippen LogP contribution in [0.4, 0.5) is 4.39 Å². The van der Waals surface area contributed by atoms with Crippen LogP contribution in [0.2, 0.25) is 0 Å². The van der Waals surface area contributed by atoms with Crippen LogP contribution in [0.1, 0.15) is 51.0 Å². The van der Waals surface area contributed by atoms with Crippen molar-refractivity contribution in [1.82, 2.24) is 9.55 Å². The predicted molar refractivity (Wildman–Crippen MR) is 95.8 cm³/mol. The molecule has 0 N–H and O–H groups in total. The Morgan fingerprint density at radius 3 is 2.60 bits per heavy atom. The van der Waals surface area contributed by atoms with E-state index in [1.807, 2.05) is 45.0 Å². The minimum atomic E-state index is -1.48. The summed E-state index contributed by atoms with van der Waals surface area (Å²) in [5, 5.41) is 4.09. The first-order chi connectivity index (χ1) is 11.9. The number of aromatic nitrogens is 2. The minimum absolute atomic E-state index is 0.203. The van der Waals surface area contributed by atoms with Crippen molar-refractivity contribution >= 4 is 5.71 Å². The van der Waals surface area contributed by atoms with Crippen LogP contribution in [0, 0.1) is 17.8 Å². The summed E-state index contributed by atoms with van der Waals surface area (Å²) < 4.78 is 16.3. The molecule has 0 spiro atoms. The summed E-state index contributed by atoms with van der Waals surface area (Å²) in [6.07, 6.45) is 5.43. The lowest BCUT2D eigenvalue weighted by atomic mass is 10.1. The van der Waals surface area contributed by atoms with Gasteiger partial charge in [0.25, 0.3) is 0 Å². The first-order valence-corrected chi connectivity index (χ1v) is 8.42. The first kappa shape index (κ1) is 17.2. The molecule has 2 aromatic rings. The number of nitrogens with zero attached hydrogens (tertiary/aromatic N) is 3. The van der Waals surface area contributed by atoms with E-state index >= 15 is 0 Å². The minimum Gasteiger partial charge on any atom is -0.390 e. The molecule has 25 heavy (non-hydrogen) atoms. The highest BCUT2D eigenvalue weighted by molar-refractivity contribution is 6.02. The Labute approximate surface area is 147 Å². The molecule has 5 heteroatoms.